The topological polar surface area (TPSA) is 37.8 Å². The fraction of sp³-hybridized carbons (Fsp3) is 0.471. The summed E-state index contributed by atoms with van der Waals surface area (Å²) >= 11 is 0. The van der Waals surface area contributed by atoms with E-state index in [0.717, 1.165) is 42.6 Å². The van der Waals surface area contributed by atoms with Crippen LogP contribution in [0, 0.1) is 13.8 Å². The molecule has 0 aliphatic carbocycles. The van der Waals surface area contributed by atoms with Crippen molar-refractivity contribution in [2.75, 3.05) is 0 Å². The van der Waals surface area contributed by atoms with Crippen LogP contribution >= 0.6 is 0 Å². The summed E-state index contributed by atoms with van der Waals surface area (Å²) in [7, 11) is 0. The number of hydrogen-bond donors (Lipinski definition) is 1. The summed E-state index contributed by atoms with van der Waals surface area (Å²) in [4.78, 5) is 12.5. The second kappa shape index (κ2) is 6.12. The smallest absolute Gasteiger partial charge is 0.274 e. The zero-order valence-corrected chi connectivity index (χ0v) is 12.9. The molecular weight excluding hydrogens is 248 g/mol. The lowest BCUT2D eigenvalue weighted by Gasteiger charge is -2.05. The van der Waals surface area contributed by atoms with Crippen LogP contribution in [-0.2, 0) is 12.8 Å². The van der Waals surface area contributed by atoms with Crippen molar-refractivity contribution in [1.29, 1.82) is 0 Å². The molecule has 0 bridgehead atoms. The zero-order chi connectivity index (χ0) is 14.7. The molecule has 0 spiro atoms. The van der Waals surface area contributed by atoms with Gasteiger partial charge in [-0.05, 0) is 56.4 Å². The number of hydrogen-bond acceptors (Lipinski definition) is 1. The number of aromatic amines is 1. The van der Waals surface area contributed by atoms with Gasteiger partial charge in [-0.1, -0.05) is 26.3 Å². The number of nitrogens with zero attached hydrogens (tertiary/aromatic N) is 1. The normalized spacial score (nSPS) is 11.0. The van der Waals surface area contributed by atoms with Crippen molar-refractivity contribution in [3.63, 3.8) is 0 Å². The van der Waals surface area contributed by atoms with Crippen molar-refractivity contribution in [2.24, 2.45) is 0 Å². The van der Waals surface area contributed by atoms with E-state index in [-0.39, 0.29) is 5.56 Å². The van der Waals surface area contributed by atoms with E-state index in [2.05, 4.69) is 38.0 Å². The van der Waals surface area contributed by atoms with Crippen LogP contribution in [0.4, 0.5) is 0 Å². The average molecular weight is 272 g/mol. The molecule has 0 unspecified atom stereocenters. The third-order valence-electron chi connectivity index (χ3n) is 3.95. The second-order valence-electron chi connectivity index (χ2n) is 5.44. The summed E-state index contributed by atoms with van der Waals surface area (Å²) in [5.74, 6) is 0. The van der Waals surface area contributed by atoms with Crippen LogP contribution in [0.15, 0.2) is 23.0 Å². The number of rotatable bonds is 5. The van der Waals surface area contributed by atoms with Gasteiger partial charge in [-0.15, -0.1) is 0 Å². The first-order valence-electron chi connectivity index (χ1n) is 7.48. The van der Waals surface area contributed by atoms with Gasteiger partial charge in [-0.3, -0.25) is 9.89 Å². The maximum absolute atomic E-state index is 12.5. The lowest BCUT2D eigenvalue weighted by Crippen LogP contribution is -2.17. The van der Waals surface area contributed by atoms with Crippen LogP contribution < -0.4 is 5.56 Å². The monoisotopic (exact) mass is 272 g/mol. The maximum Gasteiger partial charge on any atom is 0.274 e. The van der Waals surface area contributed by atoms with E-state index in [1.165, 1.54) is 11.1 Å². The number of benzene rings is 1. The molecule has 0 amide bonds. The lowest BCUT2D eigenvalue weighted by molar-refractivity contribution is 0.745. The van der Waals surface area contributed by atoms with E-state index in [1.807, 2.05) is 13.0 Å². The molecule has 108 valence electrons. The number of aromatic nitrogens is 2. The van der Waals surface area contributed by atoms with Gasteiger partial charge >= 0.3 is 0 Å². The van der Waals surface area contributed by atoms with E-state index in [9.17, 15) is 4.79 Å². The predicted octanol–water partition coefficient (Wildman–Crippen LogP) is 3.69. The summed E-state index contributed by atoms with van der Waals surface area (Å²) in [6.07, 6.45) is 3.98. The van der Waals surface area contributed by atoms with Gasteiger partial charge < -0.3 is 0 Å². The van der Waals surface area contributed by atoms with E-state index in [4.69, 9.17) is 0 Å². The highest BCUT2D eigenvalue weighted by molar-refractivity contribution is 5.40. The Morgan fingerprint density at radius 1 is 1.15 bits per heavy atom. The van der Waals surface area contributed by atoms with E-state index < -0.39 is 0 Å². The minimum atomic E-state index is 0.0989. The molecule has 1 aromatic carbocycles. The first kappa shape index (κ1) is 14.6. The molecule has 1 N–H and O–H groups in total. The SMILES string of the molecule is CCCCc1[nH]n(-c2ccc(C)c(C)c2)c(=O)c1CC. The largest absolute Gasteiger partial charge is 0.295 e. The van der Waals surface area contributed by atoms with Crippen LogP contribution in [0.5, 0.6) is 0 Å². The van der Waals surface area contributed by atoms with Crippen molar-refractivity contribution < 1.29 is 0 Å². The first-order chi connectivity index (χ1) is 9.58. The molecular formula is C17H24N2O. The van der Waals surface area contributed by atoms with E-state index in [1.54, 1.807) is 4.68 Å². The highest BCUT2D eigenvalue weighted by atomic mass is 16.1. The molecule has 20 heavy (non-hydrogen) atoms. The van der Waals surface area contributed by atoms with Gasteiger partial charge in [0.2, 0.25) is 0 Å². The molecule has 2 aromatic rings. The van der Waals surface area contributed by atoms with Gasteiger partial charge in [-0.25, -0.2) is 4.68 Å². The molecule has 0 saturated carbocycles. The highest BCUT2D eigenvalue weighted by Gasteiger charge is 2.13. The molecule has 0 aliphatic heterocycles. The van der Waals surface area contributed by atoms with Gasteiger partial charge in [0.1, 0.15) is 0 Å². The van der Waals surface area contributed by atoms with Gasteiger partial charge in [0.15, 0.2) is 0 Å². The van der Waals surface area contributed by atoms with Gasteiger partial charge in [0.25, 0.3) is 5.56 Å². The Labute approximate surface area is 120 Å². The van der Waals surface area contributed by atoms with E-state index in [0.29, 0.717) is 0 Å². The highest BCUT2D eigenvalue weighted by Crippen LogP contribution is 2.14. The molecule has 3 heteroatoms. The molecule has 0 aliphatic rings. The quantitative estimate of drug-likeness (QED) is 0.885. The van der Waals surface area contributed by atoms with E-state index >= 15 is 0 Å². The summed E-state index contributed by atoms with van der Waals surface area (Å²) < 4.78 is 1.69. The second-order valence-corrected chi connectivity index (χ2v) is 5.44. The predicted molar refractivity (Wildman–Crippen MR) is 83.9 cm³/mol. The molecule has 1 aromatic heterocycles. The average Bonchev–Trinajstić information content (AvgIpc) is 2.75. The third-order valence-corrected chi connectivity index (χ3v) is 3.95. The number of nitrogens with one attached hydrogen (secondary N) is 1. The molecule has 3 nitrogen and oxygen atoms in total. The van der Waals surface area contributed by atoms with Crippen molar-refractivity contribution in [3.05, 3.63) is 50.9 Å². The Balaban J connectivity index is 2.48. The fourth-order valence-electron chi connectivity index (χ4n) is 2.49. The Morgan fingerprint density at radius 3 is 2.50 bits per heavy atom. The zero-order valence-electron chi connectivity index (χ0n) is 12.9. The van der Waals surface area contributed by atoms with Crippen LogP contribution in [-0.4, -0.2) is 9.78 Å². The molecule has 2 rings (SSSR count). The van der Waals surface area contributed by atoms with Gasteiger partial charge in [0.05, 0.1) is 5.69 Å². The van der Waals surface area contributed by atoms with Crippen LogP contribution in [0.25, 0.3) is 5.69 Å². The van der Waals surface area contributed by atoms with Crippen molar-refractivity contribution >= 4 is 0 Å². The Kier molecular flexibility index (Phi) is 4.48. The molecule has 0 saturated heterocycles. The number of aryl methyl sites for hydroxylation is 3. The van der Waals surface area contributed by atoms with Crippen molar-refractivity contribution in [3.8, 4) is 5.69 Å². The summed E-state index contributed by atoms with van der Waals surface area (Å²) in [6, 6.07) is 6.13. The Hall–Kier alpha value is -1.77. The number of H-pyrrole nitrogens is 1. The molecule has 1 heterocycles. The Bertz CT molecular complexity index is 649. The molecule has 0 fully saturated rings. The lowest BCUT2D eigenvalue weighted by atomic mass is 10.1. The minimum Gasteiger partial charge on any atom is -0.295 e. The first-order valence-corrected chi connectivity index (χ1v) is 7.48. The van der Waals surface area contributed by atoms with Gasteiger partial charge in [0, 0.05) is 11.3 Å². The Morgan fingerprint density at radius 2 is 1.90 bits per heavy atom. The standard InChI is InChI=1S/C17H24N2O/c1-5-7-8-16-15(6-2)17(20)19(18-16)14-10-9-12(3)13(4)11-14/h9-11,18H,5-8H2,1-4H3. The van der Waals surface area contributed by atoms with Crippen LogP contribution in [0.2, 0.25) is 0 Å². The van der Waals surface area contributed by atoms with Crippen LogP contribution in [0.1, 0.15) is 49.1 Å². The minimum absolute atomic E-state index is 0.0989. The maximum atomic E-state index is 12.5. The van der Waals surface area contributed by atoms with Gasteiger partial charge in [-0.2, -0.15) is 0 Å². The fourth-order valence-corrected chi connectivity index (χ4v) is 2.49. The van der Waals surface area contributed by atoms with Crippen molar-refractivity contribution in [1.82, 2.24) is 9.78 Å². The third kappa shape index (κ3) is 2.72. The summed E-state index contributed by atoms with van der Waals surface area (Å²) in [5.41, 5.74) is 5.50. The van der Waals surface area contributed by atoms with Crippen molar-refractivity contribution in [2.45, 2.75) is 53.4 Å². The molecule has 0 atom stereocenters. The molecule has 0 radical (unpaired) electrons. The summed E-state index contributed by atoms with van der Waals surface area (Å²) in [5, 5.41) is 3.30. The summed E-state index contributed by atoms with van der Waals surface area (Å²) in [6.45, 7) is 8.38. The number of unbranched alkanes of at least 4 members (excludes halogenated alkanes) is 1. The van der Waals surface area contributed by atoms with Crippen LogP contribution in [0.3, 0.4) is 0 Å².